The van der Waals surface area contributed by atoms with Crippen molar-refractivity contribution < 1.29 is 0 Å². The van der Waals surface area contributed by atoms with Crippen LogP contribution in [0.2, 0.25) is 15.1 Å². The number of aromatic nitrogens is 1. The van der Waals surface area contributed by atoms with E-state index in [4.69, 9.17) is 40.1 Å². The number of halogens is 3. The molecule has 18 heavy (non-hydrogen) atoms. The van der Waals surface area contributed by atoms with Gasteiger partial charge in [-0.1, -0.05) is 40.9 Å². The molecule has 1 heterocycles. The van der Waals surface area contributed by atoms with Crippen molar-refractivity contribution in [3.8, 4) is 17.3 Å². The van der Waals surface area contributed by atoms with Gasteiger partial charge in [0.2, 0.25) is 0 Å². The third-order valence-electron chi connectivity index (χ3n) is 2.43. The fraction of sp³-hybridized carbons (Fsp3) is 0.0769. The van der Waals surface area contributed by atoms with Crippen molar-refractivity contribution in [1.82, 2.24) is 4.98 Å². The zero-order valence-electron chi connectivity index (χ0n) is 9.12. The van der Waals surface area contributed by atoms with Crippen molar-refractivity contribution in [2.75, 3.05) is 0 Å². The summed E-state index contributed by atoms with van der Waals surface area (Å²) in [5, 5.41) is 10.1. The number of pyridine rings is 1. The van der Waals surface area contributed by atoms with Crippen LogP contribution in [0.4, 0.5) is 0 Å². The number of hydrogen-bond acceptors (Lipinski definition) is 2. The van der Waals surface area contributed by atoms with E-state index in [-0.39, 0.29) is 6.42 Å². The van der Waals surface area contributed by atoms with Gasteiger partial charge >= 0.3 is 0 Å². The molecule has 0 unspecified atom stereocenters. The Kier molecular flexibility index (Phi) is 4.08. The lowest BCUT2D eigenvalue weighted by Gasteiger charge is -2.07. The zero-order chi connectivity index (χ0) is 13.1. The number of hydrogen-bond donors (Lipinski definition) is 0. The highest BCUT2D eigenvalue weighted by molar-refractivity contribution is 6.42. The van der Waals surface area contributed by atoms with Gasteiger partial charge in [-0.15, -0.1) is 0 Å². The molecule has 90 valence electrons. The summed E-state index contributed by atoms with van der Waals surface area (Å²) < 4.78 is 0. The minimum atomic E-state index is 0.246. The third kappa shape index (κ3) is 2.59. The zero-order valence-corrected chi connectivity index (χ0v) is 11.4. The van der Waals surface area contributed by atoms with Crippen LogP contribution in [0.3, 0.4) is 0 Å². The maximum atomic E-state index is 8.72. The van der Waals surface area contributed by atoms with Gasteiger partial charge < -0.3 is 0 Å². The lowest BCUT2D eigenvalue weighted by Crippen LogP contribution is -1.91. The molecule has 0 radical (unpaired) electrons. The molecule has 0 aliphatic carbocycles. The van der Waals surface area contributed by atoms with Crippen LogP contribution < -0.4 is 0 Å². The highest BCUT2D eigenvalue weighted by atomic mass is 35.5. The van der Waals surface area contributed by atoms with E-state index in [2.05, 4.69) is 11.1 Å². The lowest BCUT2D eigenvalue weighted by atomic mass is 10.1. The molecule has 0 aliphatic heterocycles. The van der Waals surface area contributed by atoms with E-state index in [0.29, 0.717) is 20.8 Å². The van der Waals surface area contributed by atoms with E-state index in [9.17, 15) is 0 Å². The molecule has 1 aromatic carbocycles. The van der Waals surface area contributed by atoms with Gasteiger partial charge in [-0.3, -0.25) is 4.98 Å². The van der Waals surface area contributed by atoms with Crippen molar-refractivity contribution in [2.45, 2.75) is 6.42 Å². The van der Waals surface area contributed by atoms with Crippen LogP contribution in [0.15, 0.2) is 30.5 Å². The molecule has 2 aromatic rings. The molecule has 0 saturated carbocycles. The second-order valence-corrected chi connectivity index (χ2v) is 4.79. The van der Waals surface area contributed by atoms with Gasteiger partial charge in [0, 0.05) is 11.8 Å². The van der Waals surface area contributed by atoms with Gasteiger partial charge in [0.1, 0.15) is 0 Å². The summed E-state index contributed by atoms with van der Waals surface area (Å²) >= 11 is 18.0. The van der Waals surface area contributed by atoms with Gasteiger partial charge in [0.25, 0.3) is 0 Å². The number of nitriles is 1. The largest absolute Gasteiger partial charge is 0.255 e. The first-order valence-electron chi connectivity index (χ1n) is 5.09. The van der Waals surface area contributed by atoms with Crippen molar-refractivity contribution in [1.29, 1.82) is 5.26 Å². The Balaban J connectivity index is 2.54. The normalized spacial score (nSPS) is 10.1. The van der Waals surface area contributed by atoms with Crippen molar-refractivity contribution in [2.24, 2.45) is 0 Å². The van der Waals surface area contributed by atoms with Crippen LogP contribution in [-0.4, -0.2) is 4.98 Å². The highest BCUT2D eigenvalue weighted by Crippen LogP contribution is 2.32. The summed E-state index contributed by atoms with van der Waals surface area (Å²) in [5.41, 5.74) is 2.12. The smallest absolute Gasteiger partial charge is 0.0891 e. The minimum Gasteiger partial charge on any atom is -0.255 e. The topological polar surface area (TPSA) is 36.7 Å². The molecule has 0 fully saturated rings. The molecular formula is C13H7Cl3N2. The molecule has 0 bridgehead atoms. The second kappa shape index (κ2) is 5.58. The van der Waals surface area contributed by atoms with Gasteiger partial charge in [-0.25, -0.2) is 0 Å². The first-order valence-corrected chi connectivity index (χ1v) is 6.22. The summed E-state index contributed by atoms with van der Waals surface area (Å²) in [6.07, 6.45) is 1.87. The summed E-state index contributed by atoms with van der Waals surface area (Å²) in [4.78, 5) is 4.22. The van der Waals surface area contributed by atoms with Crippen molar-refractivity contribution in [3.05, 3.63) is 51.1 Å². The average Bonchev–Trinajstić information content (AvgIpc) is 2.36. The Morgan fingerprint density at radius 2 is 1.89 bits per heavy atom. The fourth-order valence-corrected chi connectivity index (χ4v) is 2.14. The van der Waals surface area contributed by atoms with Crippen LogP contribution in [0.5, 0.6) is 0 Å². The number of rotatable bonds is 2. The number of nitrogens with zero attached hydrogens (tertiary/aromatic N) is 2. The molecule has 0 aliphatic rings. The van der Waals surface area contributed by atoms with Crippen molar-refractivity contribution in [3.63, 3.8) is 0 Å². The van der Waals surface area contributed by atoms with Gasteiger partial charge in [0.15, 0.2) is 0 Å². The lowest BCUT2D eigenvalue weighted by molar-refractivity contribution is 1.21. The highest BCUT2D eigenvalue weighted by Gasteiger charge is 2.10. The monoisotopic (exact) mass is 296 g/mol. The fourth-order valence-electron chi connectivity index (χ4n) is 1.55. The predicted octanol–water partition coefficient (Wildman–Crippen LogP) is 4.77. The molecule has 2 nitrogen and oxygen atoms in total. The quantitative estimate of drug-likeness (QED) is 0.800. The Labute approximate surface area is 120 Å². The maximum Gasteiger partial charge on any atom is 0.0891 e. The van der Waals surface area contributed by atoms with Crippen LogP contribution in [-0.2, 0) is 6.42 Å². The van der Waals surface area contributed by atoms with Gasteiger partial charge in [-0.2, -0.15) is 5.26 Å². The van der Waals surface area contributed by atoms with Crippen LogP contribution in [0, 0.1) is 11.3 Å². The first kappa shape index (κ1) is 13.2. The molecule has 1 aromatic heterocycles. The standard InChI is InChI=1S/C13H7Cl3N2/c14-10-2-1-9(7-11(10)15)13-12(16)8(3-5-17)4-6-18-13/h1-2,4,6-7H,3H2. The molecule has 0 amide bonds. The van der Waals surface area contributed by atoms with Gasteiger partial charge in [0.05, 0.1) is 33.3 Å². The summed E-state index contributed by atoms with van der Waals surface area (Å²) in [7, 11) is 0. The Bertz CT molecular complexity index is 633. The van der Waals surface area contributed by atoms with E-state index >= 15 is 0 Å². The summed E-state index contributed by atoms with van der Waals surface area (Å²) in [6, 6.07) is 8.97. The van der Waals surface area contributed by atoms with E-state index in [0.717, 1.165) is 11.1 Å². The molecule has 0 saturated heterocycles. The van der Waals surface area contributed by atoms with Gasteiger partial charge in [-0.05, 0) is 23.8 Å². The van der Waals surface area contributed by atoms with Crippen molar-refractivity contribution >= 4 is 34.8 Å². The maximum absolute atomic E-state index is 8.72. The van der Waals surface area contributed by atoms with E-state index in [1.54, 1.807) is 30.5 Å². The average molecular weight is 298 g/mol. The first-order chi connectivity index (χ1) is 8.63. The molecule has 0 N–H and O–H groups in total. The van der Waals surface area contributed by atoms with E-state index in [1.807, 2.05) is 0 Å². The van der Waals surface area contributed by atoms with E-state index < -0.39 is 0 Å². The third-order valence-corrected chi connectivity index (χ3v) is 3.59. The molecule has 5 heteroatoms. The SMILES string of the molecule is N#CCc1ccnc(-c2ccc(Cl)c(Cl)c2)c1Cl. The minimum absolute atomic E-state index is 0.246. The molecule has 2 rings (SSSR count). The van der Waals surface area contributed by atoms with Crippen LogP contribution in [0.25, 0.3) is 11.3 Å². The molecular weight excluding hydrogens is 291 g/mol. The predicted molar refractivity (Wildman–Crippen MR) is 74.0 cm³/mol. The van der Waals surface area contributed by atoms with Crippen LogP contribution >= 0.6 is 34.8 Å². The van der Waals surface area contributed by atoms with E-state index in [1.165, 1.54) is 0 Å². The van der Waals surface area contributed by atoms with Crippen LogP contribution in [0.1, 0.15) is 5.56 Å². The molecule has 0 spiro atoms. The number of benzene rings is 1. The summed E-state index contributed by atoms with van der Waals surface area (Å²) in [6.45, 7) is 0. The molecule has 0 atom stereocenters. The Hall–Kier alpha value is -1.27. The Morgan fingerprint density at radius 3 is 2.56 bits per heavy atom. The second-order valence-electron chi connectivity index (χ2n) is 3.60. The summed E-state index contributed by atoms with van der Waals surface area (Å²) in [5.74, 6) is 0. The Morgan fingerprint density at radius 1 is 1.11 bits per heavy atom.